The zero-order valence-corrected chi connectivity index (χ0v) is 14.4. The van der Waals surface area contributed by atoms with Crippen LogP contribution in [0.5, 0.6) is 0 Å². The molecule has 1 N–H and O–H groups in total. The van der Waals surface area contributed by atoms with Crippen LogP contribution in [0.1, 0.15) is 19.3 Å². The summed E-state index contributed by atoms with van der Waals surface area (Å²) < 4.78 is 5.12. The highest BCUT2D eigenvalue weighted by Gasteiger charge is 2.42. The highest BCUT2D eigenvalue weighted by molar-refractivity contribution is 5.76. The van der Waals surface area contributed by atoms with Gasteiger partial charge in [-0.15, -0.1) is 10.2 Å². The predicted molar refractivity (Wildman–Crippen MR) is 95.5 cm³/mol. The molecule has 3 rings (SSSR count). The quantitative estimate of drug-likeness (QED) is 0.871. The first kappa shape index (κ1) is 17.4. The van der Waals surface area contributed by atoms with E-state index in [4.69, 9.17) is 4.74 Å². The first-order chi connectivity index (χ1) is 12.1. The Kier molecular flexibility index (Phi) is 5.28. The van der Waals surface area contributed by atoms with Crippen molar-refractivity contribution in [3.8, 4) is 11.3 Å². The summed E-state index contributed by atoms with van der Waals surface area (Å²) in [6, 6.07) is 13.7. The summed E-state index contributed by atoms with van der Waals surface area (Å²) in [7, 11) is 1.60. The molecule has 25 heavy (non-hydrogen) atoms. The lowest BCUT2D eigenvalue weighted by molar-refractivity contribution is -0.150. The maximum atomic E-state index is 11.9. The summed E-state index contributed by atoms with van der Waals surface area (Å²) in [5.74, 6) is -0.0365. The molecule has 0 saturated carbocycles. The number of hydrogen-bond acceptors (Lipinski definition) is 5. The molecule has 6 heteroatoms. The van der Waals surface area contributed by atoms with E-state index in [-0.39, 0.29) is 0 Å². The van der Waals surface area contributed by atoms with Crippen molar-refractivity contribution in [3.63, 3.8) is 0 Å². The molecule has 0 spiro atoms. The molecule has 1 aliphatic heterocycles. The van der Waals surface area contributed by atoms with Gasteiger partial charge in [0.1, 0.15) is 0 Å². The van der Waals surface area contributed by atoms with Crippen molar-refractivity contribution in [2.75, 3.05) is 31.7 Å². The number of aliphatic carboxylic acids is 1. The van der Waals surface area contributed by atoms with Gasteiger partial charge in [0.05, 0.1) is 11.1 Å². The first-order valence-corrected chi connectivity index (χ1v) is 8.51. The number of aromatic nitrogens is 2. The minimum Gasteiger partial charge on any atom is -0.481 e. The first-order valence-electron chi connectivity index (χ1n) is 8.51. The predicted octanol–water partition coefficient (Wildman–Crippen LogP) is 2.85. The number of ether oxygens (including phenoxy) is 1. The Balaban J connectivity index is 1.78. The molecule has 1 aromatic carbocycles. The Morgan fingerprint density at radius 1 is 1.24 bits per heavy atom. The number of anilines is 1. The molecule has 1 fully saturated rings. The number of nitrogens with zero attached hydrogens (tertiary/aromatic N) is 3. The molecule has 1 atom stereocenters. The van der Waals surface area contributed by atoms with Gasteiger partial charge in [-0.2, -0.15) is 0 Å². The summed E-state index contributed by atoms with van der Waals surface area (Å²) in [6.45, 7) is 1.67. The Hall–Kier alpha value is -2.47. The van der Waals surface area contributed by atoms with Crippen LogP contribution in [0.3, 0.4) is 0 Å². The molecule has 1 aliphatic rings. The molecule has 2 heterocycles. The molecule has 1 aromatic heterocycles. The van der Waals surface area contributed by atoms with E-state index in [1.54, 1.807) is 7.11 Å². The SMILES string of the molecule is COCC[C@]1(C(=O)O)CCCN(c2ccc(-c3ccccc3)nn2)C1. The van der Waals surface area contributed by atoms with Gasteiger partial charge in [-0.25, -0.2) is 0 Å². The van der Waals surface area contributed by atoms with Crippen molar-refractivity contribution in [2.45, 2.75) is 19.3 Å². The van der Waals surface area contributed by atoms with Gasteiger partial charge in [-0.1, -0.05) is 30.3 Å². The van der Waals surface area contributed by atoms with Gasteiger partial charge in [0.2, 0.25) is 0 Å². The molecule has 0 unspecified atom stereocenters. The lowest BCUT2D eigenvalue weighted by atomic mass is 9.77. The number of carboxylic acid groups (broad SMARTS) is 1. The molecule has 0 radical (unpaired) electrons. The van der Waals surface area contributed by atoms with Crippen LogP contribution in [0, 0.1) is 5.41 Å². The average molecular weight is 341 g/mol. The van der Waals surface area contributed by atoms with E-state index in [1.807, 2.05) is 47.4 Å². The van der Waals surface area contributed by atoms with Crippen molar-refractivity contribution in [1.29, 1.82) is 0 Å². The zero-order valence-electron chi connectivity index (χ0n) is 14.4. The topological polar surface area (TPSA) is 75.6 Å². The third kappa shape index (κ3) is 3.79. The van der Waals surface area contributed by atoms with Gasteiger partial charge in [0.15, 0.2) is 5.82 Å². The van der Waals surface area contributed by atoms with Crippen LogP contribution >= 0.6 is 0 Å². The maximum absolute atomic E-state index is 11.9. The maximum Gasteiger partial charge on any atom is 0.311 e. The third-order valence-corrected chi connectivity index (χ3v) is 4.86. The third-order valence-electron chi connectivity index (χ3n) is 4.86. The fraction of sp³-hybridized carbons (Fsp3) is 0.421. The van der Waals surface area contributed by atoms with E-state index >= 15 is 0 Å². The van der Waals surface area contributed by atoms with Crippen LogP contribution in [0.25, 0.3) is 11.3 Å². The molecule has 0 bridgehead atoms. The molecule has 1 saturated heterocycles. The molecule has 132 valence electrons. The fourth-order valence-corrected chi connectivity index (χ4v) is 3.37. The summed E-state index contributed by atoms with van der Waals surface area (Å²) in [4.78, 5) is 13.9. The van der Waals surface area contributed by atoms with Crippen LogP contribution in [0.15, 0.2) is 42.5 Å². The summed E-state index contributed by atoms with van der Waals surface area (Å²) in [6.07, 6.45) is 1.99. The standard InChI is InChI=1S/C19H23N3O3/c1-25-13-11-19(18(23)24)10-5-12-22(14-19)17-9-8-16(20-21-17)15-6-3-2-4-7-15/h2-4,6-9H,5,10-14H2,1H3,(H,23,24)/t19-/m1/s1. The summed E-state index contributed by atoms with van der Waals surface area (Å²) >= 11 is 0. The smallest absolute Gasteiger partial charge is 0.311 e. The Morgan fingerprint density at radius 3 is 2.68 bits per heavy atom. The second-order valence-electron chi connectivity index (χ2n) is 6.50. The van der Waals surface area contributed by atoms with Crippen LogP contribution in [0.4, 0.5) is 5.82 Å². The average Bonchev–Trinajstić information content (AvgIpc) is 2.67. The van der Waals surface area contributed by atoms with Gasteiger partial charge in [-0.3, -0.25) is 4.79 Å². The Labute approximate surface area is 147 Å². The normalized spacial score (nSPS) is 20.4. The van der Waals surface area contributed by atoms with E-state index in [0.29, 0.717) is 26.0 Å². The van der Waals surface area contributed by atoms with Crippen molar-refractivity contribution >= 4 is 11.8 Å². The van der Waals surface area contributed by atoms with E-state index in [9.17, 15) is 9.90 Å². The molecular weight excluding hydrogens is 318 g/mol. The monoisotopic (exact) mass is 341 g/mol. The highest BCUT2D eigenvalue weighted by Crippen LogP contribution is 2.35. The number of piperidine rings is 1. The van der Waals surface area contributed by atoms with Crippen LogP contribution in [-0.2, 0) is 9.53 Å². The van der Waals surface area contributed by atoms with Crippen LogP contribution < -0.4 is 4.90 Å². The lowest BCUT2D eigenvalue weighted by Gasteiger charge is -2.40. The second kappa shape index (κ2) is 7.61. The minimum absolute atomic E-state index is 0.436. The molecule has 0 aliphatic carbocycles. The lowest BCUT2D eigenvalue weighted by Crippen LogP contribution is -2.48. The van der Waals surface area contributed by atoms with Crippen LogP contribution in [0.2, 0.25) is 0 Å². The molecule has 6 nitrogen and oxygen atoms in total. The van der Waals surface area contributed by atoms with E-state index in [2.05, 4.69) is 10.2 Å². The van der Waals surface area contributed by atoms with Crippen molar-refractivity contribution in [1.82, 2.24) is 10.2 Å². The Bertz CT molecular complexity index is 706. The van der Waals surface area contributed by atoms with Gasteiger partial charge in [-0.05, 0) is 31.4 Å². The number of carbonyl (C=O) groups is 1. The van der Waals surface area contributed by atoms with Crippen LogP contribution in [-0.4, -0.2) is 48.1 Å². The number of hydrogen-bond donors (Lipinski definition) is 1. The largest absolute Gasteiger partial charge is 0.481 e. The van der Waals surface area contributed by atoms with E-state index in [0.717, 1.165) is 30.0 Å². The van der Waals surface area contributed by atoms with Gasteiger partial charge >= 0.3 is 5.97 Å². The second-order valence-corrected chi connectivity index (χ2v) is 6.50. The van der Waals surface area contributed by atoms with Gasteiger partial charge in [0, 0.05) is 32.4 Å². The number of benzene rings is 1. The van der Waals surface area contributed by atoms with Crippen molar-refractivity contribution in [3.05, 3.63) is 42.5 Å². The number of carboxylic acids is 1. The minimum atomic E-state index is -0.784. The zero-order chi connectivity index (χ0) is 17.7. The van der Waals surface area contributed by atoms with Gasteiger partial charge < -0.3 is 14.7 Å². The van der Waals surface area contributed by atoms with E-state index < -0.39 is 11.4 Å². The van der Waals surface area contributed by atoms with Crippen molar-refractivity contribution in [2.24, 2.45) is 5.41 Å². The highest BCUT2D eigenvalue weighted by atomic mass is 16.5. The summed E-state index contributed by atoms with van der Waals surface area (Å²) in [5, 5.41) is 18.4. The number of rotatable bonds is 6. The molecule has 0 amide bonds. The van der Waals surface area contributed by atoms with Crippen molar-refractivity contribution < 1.29 is 14.6 Å². The van der Waals surface area contributed by atoms with E-state index in [1.165, 1.54) is 0 Å². The molecule has 2 aromatic rings. The molecular formula is C19H23N3O3. The fourth-order valence-electron chi connectivity index (χ4n) is 3.37. The summed E-state index contributed by atoms with van der Waals surface area (Å²) in [5.41, 5.74) is 1.04. The number of methoxy groups -OCH3 is 1. The van der Waals surface area contributed by atoms with Gasteiger partial charge in [0.25, 0.3) is 0 Å². The Morgan fingerprint density at radius 2 is 2.04 bits per heavy atom.